The SMILES string of the molecule is Cc1cc(C#N)cc(C)c1OCCCc1ccccc1. The summed E-state index contributed by atoms with van der Waals surface area (Å²) in [7, 11) is 0. The molecule has 0 fully saturated rings. The van der Waals surface area contributed by atoms with Crippen molar-refractivity contribution >= 4 is 0 Å². The minimum atomic E-state index is 0.691. The summed E-state index contributed by atoms with van der Waals surface area (Å²) in [5.41, 5.74) is 4.09. The summed E-state index contributed by atoms with van der Waals surface area (Å²) in [4.78, 5) is 0. The summed E-state index contributed by atoms with van der Waals surface area (Å²) in [5.74, 6) is 0.914. The smallest absolute Gasteiger partial charge is 0.125 e. The van der Waals surface area contributed by atoms with Crippen molar-refractivity contribution < 1.29 is 4.74 Å². The fourth-order valence-corrected chi connectivity index (χ4v) is 2.34. The first-order chi connectivity index (χ1) is 9.70. The van der Waals surface area contributed by atoms with Crippen LogP contribution in [0.4, 0.5) is 0 Å². The lowest BCUT2D eigenvalue weighted by Crippen LogP contribution is -2.02. The Labute approximate surface area is 120 Å². The molecule has 20 heavy (non-hydrogen) atoms. The van der Waals surface area contributed by atoms with E-state index in [9.17, 15) is 0 Å². The third kappa shape index (κ3) is 3.61. The molecule has 0 N–H and O–H groups in total. The zero-order valence-electron chi connectivity index (χ0n) is 12.0. The number of ether oxygens (including phenoxy) is 1. The van der Waals surface area contributed by atoms with Gasteiger partial charge in [0.2, 0.25) is 0 Å². The molecule has 0 atom stereocenters. The van der Waals surface area contributed by atoms with Gasteiger partial charge in [0.1, 0.15) is 5.75 Å². The van der Waals surface area contributed by atoms with E-state index in [1.54, 1.807) is 0 Å². The van der Waals surface area contributed by atoms with Crippen molar-refractivity contribution in [3.05, 3.63) is 64.7 Å². The van der Waals surface area contributed by atoms with Crippen molar-refractivity contribution in [3.63, 3.8) is 0 Å². The summed E-state index contributed by atoms with van der Waals surface area (Å²) in [6.07, 6.45) is 2.01. The molecule has 0 spiro atoms. The van der Waals surface area contributed by atoms with Crippen LogP contribution < -0.4 is 4.74 Å². The molecular weight excluding hydrogens is 246 g/mol. The second-order valence-corrected chi connectivity index (χ2v) is 4.99. The molecular formula is C18H19NO. The van der Waals surface area contributed by atoms with Crippen molar-refractivity contribution in [1.29, 1.82) is 5.26 Å². The molecule has 0 aliphatic heterocycles. The first-order valence-corrected chi connectivity index (χ1v) is 6.89. The van der Waals surface area contributed by atoms with Crippen molar-refractivity contribution in [2.24, 2.45) is 0 Å². The van der Waals surface area contributed by atoms with E-state index in [0.29, 0.717) is 12.2 Å². The van der Waals surface area contributed by atoms with Crippen LogP contribution in [0.1, 0.15) is 28.7 Å². The Morgan fingerprint density at radius 2 is 1.70 bits per heavy atom. The lowest BCUT2D eigenvalue weighted by atomic mass is 10.1. The highest BCUT2D eigenvalue weighted by Crippen LogP contribution is 2.24. The molecule has 0 aliphatic rings. The Morgan fingerprint density at radius 3 is 2.30 bits per heavy atom. The average Bonchev–Trinajstić information content (AvgIpc) is 2.46. The van der Waals surface area contributed by atoms with Crippen LogP contribution in [0, 0.1) is 25.2 Å². The first-order valence-electron chi connectivity index (χ1n) is 6.89. The largest absolute Gasteiger partial charge is 0.493 e. The van der Waals surface area contributed by atoms with E-state index in [4.69, 9.17) is 10.00 Å². The first kappa shape index (κ1) is 14.1. The molecule has 0 amide bonds. The van der Waals surface area contributed by atoms with Gasteiger partial charge in [0, 0.05) is 0 Å². The second kappa shape index (κ2) is 6.77. The van der Waals surface area contributed by atoms with E-state index >= 15 is 0 Å². The van der Waals surface area contributed by atoms with Crippen LogP contribution >= 0.6 is 0 Å². The van der Waals surface area contributed by atoms with Gasteiger partial charge < -0.3 is 4.74 Å². The molecule has 2 aromatic carbocycles. The standard InChI is InChI=1S/C18H19NO/c1-14-11-17(13-19)12-15(2)18(14)20-10-6-9-16-7-4-3-5-8-16/h3-5,7-8,11-12H,6,9-10H2,1-2H3. The lowest BCUT2D eigenvalue weighted by Gasteiger charge is -2.12. The number of nitriles is 1. The van der Waals surface area contributed by atoms with Gasteiger partial charge in [-0.25, -0.2) is 0 Å². The predicted octanol–water partition coefficient (Wildman–Crippen LogP) is 4.19. The van der Waals surface area contributed by atoms with Crippen LogP contribution in [-0.4, -0.2) is 6.61 Å². The number of aryl methyl sites for hydroxylation is 3. The van der Waals surface area contributed by atoms with Gasteiger partial charge >= 0.3 is 0 Å². The van der Waals surface area contributed by atoms with Gasteiger partial charge in [-0.05, 0) is 55.5 Å². The molecule has 0 aromatic heterocycles. The quantitative estimate of drug-likeness (QED) is 0.759. The third-order valence-corrected chi connectivity index (χ3v) is 3.29. The van der Waals surface area contributed by atoms with Gasteiger partial charge in [0.25, 0.3) is 0 Å². The molecule has 0 bridgehead atoms. The molecule has 0 saturated carbocycles. The van der Waals surface area contributed by atoms with Crippen molar-refractivity contribution in [1.82, 2.24) is 0 Å². The van der Waals surface area contributed by atoms with E-state index in [1.165, 1.54) is 5.56 Å². The molecule has 0 unspecified atom stereocenters. The van der Waals surface area contributed by atoms with E-state index in [-0.39, 0.29) is 0 Å². The zero-order valence-corrected chi connectivity index (χ0v) is 12.0. The van der Waals surface area contributed by atoms with Crippen molar-refractivity contribution in [3.8, 4) is 11.8 Å². The molecule has 2 nitrogen and oxygen atoms in total. The van der Waals surface area contributed by atoms with Crippen LogP contribution in [0.2, 0.25) is 0 Å². The third-order valence-electron chi connectivity index (χ3n) is 3.29. The lowest BCUT2D eigenvalue weighted by molar-refractivity contribution is 0.307. The molecule has 2 heteroatoms. The second-order valence-electron chi connectivity index (χ2n) is 4.99. The normalized spacial score (nSPS) is 10.1. The van der Waals surface area contributed by atoms with Crippen LogP contribution in [0.3, 0.4) is 0 Å². The number of hydrogen-bond acceptors (Lipinski definition) is 2. The Morgan fingerprint density at radius 1 is 1.05 bits per heavy atom. The summed E-state index contributed by atoms with van der Waals surface area (Å²) in [6, 6.07) is 16.3. The maximum Gasteiger partial charge on any atom is 0.125 e. The van der Waals surface area contributed by atoms with Crippen LogP contribution in [0.5, 0.6) is 5.75 Å². The van der Waals surface area contributed by atoms with E-state index in [1.807, 2.05) is 32.0 Å². The summed E-state index contributed by atoms with van der Waals surface area (Å²) >= 11 is 0. The van der Waals surface area contributed by atoms with Crippen molar-refractivity contribution in [2.45, 2.75) is 26.7 Å². The molecule has 0 heterocycles. The minimum Gasteiger partial charge on any atom is -0.493 e. The monoisotopic (exact) mass is 265 g/mol. The Balaban J connectivity index is 1.90. The number of rotatable bonds is 5. The molecule has 102 valence electrons. The Bertz CT molecular complexity index is 588. The fraction of sp³-hybridized carbons (Fsp3) is 0.278. The van der Waals surface area contributed by atoms with Gasteiger partial charge in [-0.1, -0.05) is 30.3 Å². The van der Waals surface area contributed by atoms with Gasteiger partial charge in [-0.15, -0.1) is 0 Å². The van der Waals surface area contributed by atoms with Crippen LogP contribution in [0.15, 0.2) is 42.5 Å². The highest BCUT2D eigenvalue weighted by Gasteiger charge is 2.06. The van der Waals surface area contributed by atoms with E-state index in [2.05, 4.69) is 30.3 Å². The maximum atomic E-state index is 8.93. The van der Waals surface area contributed by atoms with Gasteiger partial charge in [-0.3, -0.25) is 0 Å². The number of nitrogens with zero attached hydrogens (tertiary/aromatic N) is 1. The van der Waals surface area contributed by atoms with Crippen LogP contribution in [-0.2, 0) is 6.42 Å². The minimum absolute atomic E-state index is 0.691. The Hall–Kier alpha value is -2.27. The van der Waals surface area contributed by atoms with Gasteiger partial charge in [0.05, 0.1) is 18.2 Å². The highest BCUT2D eigenvalue weighted by atomic mass is 16.5. The number of hydrogen-bond donors (Lipinski definition) is 0. The van der Waals surface area contributed by atoms with Gasteiger partial charge in [0.15, 0.2) is 0 Å². The topological polar surface area (TPSA) is 33.0 Å². The Kier molecular flexibility index (Phi) is 4.79. The van der Waals surface area contributed by atoms with Crippen molar-refractivity contribution in [2.75, 3.05) is 6.61 Å². The van der Waals surface area contributed by atoms with E-state index in [0.717, 1.165) is 29.7 Å². The molecule has 2 aromatic rings. The molecule has 2 rings (SSSR count). The van der Waals surface area contributed by atoms with Crippen LogP contribution in [0.25, 0.3) is 0 Å². The summed E-state index contributed by atoms with van der Waals surface area (Å²) < 4.78 is 5.88. The molecule has 0 radical (unpaired) electrons. The highest BCUT2D eigenvalue weighted by molar-refractivity contribution is 5.47. The predicted molar refractivity (Wildman–Crippen MR) is 80.9 cm³/mol. The van der Waals surface area contributed by atoms with E-state index < -0.39 is 0 Å². The van der Waals surface area contributed by atoms with Gasteiger partial charge in [-0.2, -0.15) is 5.26 Å². The summed E-state index contributed by atoms with van der Waals surface area (Å²) in [6.45, 7) is 4.67. The average molecular weight is 265 g/mol. The summed E-state index contributed by atoms with van der Waals surface area (Å²) in [5, 5.41) is 8.93. The number of benzene rings is 2. The zero-order chi connectivity index (χ0) is 14.4. The molecule has 0 saturated heterocycles. The maximum absolute atomic E-state index is 8.93. The molecule has 0 aliphatic carbocycles. The fourth-order valence-electron chi connectivity index (χ4n) is 2.34.